The highest BCUT2D eigenvalue weighted by Gasteiger charge is 2.13. The Morgan fingerprint density at radius 1 is 1.41 bits per heavy atom. The van der Waals surface area contributed by atoms with Crippen LogP contribution in [0.1, 0.15) is 20.8 Å². The maximum absolute atomic E-state index is 11.0. The maximum Gasteiger partial charge on any atom is 0.310 e. The summed E-state index contributed by atoms with van der Waals surface area (Å²) in [5.41, 5.74) is 5.06. The van der Waals surface area contributed by atoms with Crippen molar-refractivity contribution in [3.05, 3.63) is 0 Å². The van der Waals surface area contributed by atoms with E-state index in [0.717, 1.165) is 6.92 Å². The number of carboxylic acid groups (broad SMARTS) is 1. The summed E-state index contributed by atoms with van der Waals surface area (Å²) in [5.74, 6) is -1.73. The standard InChI is InChI=1S/C8H16N2O3.C2H4O2/c1-3-13-8(12)6(2)5-10-7(11)4-9;1-2(3)4/h6H,3-5,9H2,1-2H3,(H,10,11);1H3,(H,3,4)/t6-;/m1./s1. The number of hydrogen-bond acceptors (Lipinski definition) is 5. The first-order valence-electron chi connectivity index (χ1n) is 5.18. The van der Waals surface area contributed by atoms with Crippen molar-refractivity contribution in [3.8, 4) is 0 Å². The third-order valence-electron chi connectivity index (χ3n) is 1.48. The molecule has 0 aliphatic heterocycles. The Morgan fingerprint density at radius 3 is 2.24 bits per heavy atom. The van der Waals surface area contributed by atoms with Crippen LogP contribution < -0.4 is 11.1 Å². The van der Waals surface area contributed by atoms with Crippen LogP contribution in [0.25, 0.3) is 0 Å². The van der Waals surface area contributed by atoms with E-state index >= 15 is 0 Å². The first-order chi connectivity index (χ1) is 7.84. The highest BCUT2D eigenvalue weighted by Crippen LogP contribution is 1.95. The number of aliphatic carboxylic acids is 1. The molecule has 0 rings (SSSR count). The molecule has 0 heterocycles. The third kappa shape index (κ3) is 14.4. The highest BCUT2D eigenvalue weighted by molar-refractivity contribution is 5.79. The topological polar surface area (TPSA) is 119 Å². The van der Waals surface area contributed by atoms with Gasteiger partial charge in [0.1, 0.15) is 0 Å². The molecule has 0 spiro atoms. The molecule has 100 valence electrons. The number of esters is 1. The van der Waals surface area contributed by atoms with Gasteiger partial charge in [0.2, 0.25) is 5.91 Å². The molecule has 1 atom stereocenters. The zero-order chi connectivity index (χ0) is 13.8. The van der Waals surface area contributed by atoms with Crippen molar-refractivity contribution in [2.45, 2.75) is 20.8 Å². The minimum atomic E-state index is -0.833. The predicted molar refractivity (Wildman–Crippen MR) is 61.2 cm³/mol. The number of carbonyl (C=O) groups excluding carboxylic acids is 2. The largest absolute Gasteiger partial charge is 0.481 e. The van der Waals surface area contributed by atoms with Crippen LogP contribution in [0.2, 0.25) is 0 Å². The summed E-state index contributed by atoms with van der Waals surface area (Å²) in [7, 11) is 0. The summed E-state index contributed by atoms with van der Waals surface area (Å²) < 4.78 is 4.75. The van der Waals surface area contributed by atoms with Crippen molar-refractivity contribution in [1.29, 1.82) is 0 Å². The lowest BCUT2D eigenvalue weighted by Crippen LogP contribution is -2.36. The molecular formula is C10H20N2O5. The highest BCUT2D eigenvalue weighted by atomic mass is 16.5. The molecule has 0 bridgehead atoms. The van der Waals surface area contributed by atoms with Gasteiger partial charge in [0.15, 0.2) is 0 Å². The summed E-state index contributed by atoms with van der Waals surface area (Å²) in [4.78, 5) is 30.7. The van der Waals surface area contributed by atoms with Crippen LogP contribution in [-0.4, -0.2) is 42.6 Å². The second-order valence-electron chi connectivity index (χ2n) is 3.18. The molecule has 4 N–H and O–H groups in total. The van der Waals surface area contributed by atoms with Gasteiger partial charge in [-0.2, -0.15) is 0 Å². The SMILES string of the molecule is CC(=O)O.CCOC(=O)[C@H](C)CNC(=O)CN. The molecule has 0 fully saturated rings. The molecule has 0 saturated carbocycles. The van der Waals surface area contributed by atoms with E-state index in [1.807, 2.05) is 0 Å². The number of ether oxygens (including phenoxy) is 1. The number of amides is 1. The molecule has 7 nitrogen and oxygen atoms in total. The number of hydrogen-bond donors (Lipinski definition) is 3. The molecule has 7 heteroatoms. The average molecular weight is 248 g/mol. The average Bonchev–Trinajstić information content (AvgIpc) is 2.24. The Balaban J connectivity index is 0. The monoisotopic (exact) mass is 248 g/mol. The van der Waals surface area contributed by atoms with Crippen molar-refractivity contribution in [2.75, 3.05) is 19.7 Å². The maximum atomic E-state index is 11.0. The number of rotatable bonds is 5. The molecule has 0 saturated heterocycles. The minimum absolute atomic E-state index is 0.0600. The van der Waals surface area contributed by atoms with Crippen molar-refractivity contribution >= 4 is 17.8 Å². The van der Waals surface area contributed by atoms with Gasteiger partial charge in [-0.1, -0.05) is 6.92 Å². The van der Waals surface area contributed by atoms with Crippen LogP contribution in [0.15, 0.2) is 0 Å². The Hall–Kier alpha value is -1.63. The summed E-state index contributed by atoms with van der Waals surface area (Å²) in [6, 6.07) is 0. The van der Waals surface area contributed by atoms with Gasteiger partial charge in [0, 0.05) is 13.5 Å². The lowest BCUT2D eigenvalue weighted by atomic mass is 10.2. The van der Waals surface area contributed by atoms with Crippen LogP contribution >= 0.6 is 0 Å². The normalized spacial score (nSPS) is 10.6. The molecule has 0 aromatic carbocycles. The molecule has 1 amide bonds. The first-order valence-corrected chi connectivity index (χ1v) is 5.18. The zero-order valence-electron chi connectivity index (χ0n) is 10.4. The number of nitrogens with two attached hydrogens (primary N) is 1. The number of carbonyl (C=O) groups is 3. The van der Waals surface area contributed by atoms with Crippen molar-refractivity contribution in [1.82, 2.24) is 5.32 Å². The van der Waals surface area contributed by atoms with E-state index in [4.69, 9.17) is 20.4 Å². The molecule has 0 radical (unpaired) electrons. The summed E-state index contributed by atoms with van der Waals surface area (Å²) in [6.45, 7) is 5.08. The fourth-order valence-electron chi connectivity index (χ4n) is 0.707. The van der Waals surface area contributed by atoms with E-state index in [9.17, 15) is 9.59 Å². The zero-order valence-corrected chi connectivity index (χ0v) is 10.4. The van der Waals surface area contributed by atoms with Crippen LogP contribution in [0.5, 0.6) is 0 Å². The minimum Gasteiger partial charge on any atom is -0.481 e. The fraction of sp³-hybridized carbons (Fsp3) is 0.700. The van der Waals surface area contributed by atoms with Gasteiger partial charge < -0.3 is 20.9 Å². The summed E-state index contributed by atoms with van der Waals surface area (Å²) in [6.07, 6.45) is 0. The lowest BCUT2D eigenvalue weighted by Gasteiger charge is -2.10. The fourth-order valence-corrected chi connectivity index (χ4v) is 0.707. The van der Waals surface area contributed by atoms with E-state index in [1.54, 1.807) is 13.8 Å². The van der Waals surface area contributed by atoms with Crippen LogP contribution in [0.3, 0.4) is 0 Å². The van der Waals surface area contributed by atoms with E-state index < -0.39 is 5.97 Å². The van der Waals surface area contributed by atoms with E-state index in [1.165, 1.54) is 0 Å². The Kier molecular flexibility index (Phi) is 11.4. The summed E-state index contributed by atoms with van der Waals surface area (Å²) in [5, 5.41) is 9.92. The van der Waals surface area contributed by atoms with Gasteiger partial charge in [0.25, 0.3) is 5.97 Å². The molecule has 0 aliphatic rings. The van der Waals surface area contributed by atoms with Crippen molar-refractivity contribution in [2.24, 2.45) is 11.7 Å². The van der Waals surface area contributed by atoms with E-state index in [-0.39, 0.29) is 30.9 Å². The summed E-state index contributed by atoms with van der Waals surface area (Å²) >= 11 is 0. The predicted octanol–water partition coefficient (Wildman–Crippen LogP) is -0.649. The number of carboxylic acids is 1. The quantitative estimate of drug-likeness (QED) is 0.556. The second-order valence-corrected chi connectivity index (χ2v) is 3.18. The van der Waals surface area contributed by atoms with Gasteiger partial charge >= 0.3 is 5.97 Å². The third-order valence-corrected chi connectivity index (χ3v) is 1.48. The van der Waals surface area contributed by atoms with Crippen LogP contribution in [-0.2, 0) is 19.1 Å². The van der Waals surface area contributed by atoms with Gasteiger partial charge in [0.05, 0.1) is 19.1 Å². The lowest BCUT2D eigenvalue weighted by molar-refractivity contribution is -0.147. The Bertz CT molecular complexity index is 251. The van der Waals surface area contributed by atoms with Crippen molar-refractivity contribution < 1.29 is 24.2 Å². The molecule has 0 aromatic rings. The van der Waals surface area contributed by atoms with E-state index in [0.29, 0.717) is 6.61 Å². The number of nitrogens with one attached hydrogen (secondary N) is 1. The molecule has 0 aromatic heterocycles. The second kappa shape index (κ2) is 10.9. The van der Waals surface area contributed by atoms with Crippen LogP contribution in [0, 0.1) is 5.92 Å². The van der Waals surface area contributed by atoms with Crippen LogP contribution in [0.4, 0.5) is 0 Å². The molecule has 0 unspecified atom stereocenters. The smallest absolute Gasteiger partial charge is 0.310 e. The van der Waals surface area contributed by atoms with Gasteiger partial charge in [-0.15, -0.1) is 0 Å². The Labute approximate surface area is 100 Å². The van der Waals surface area contributed by atoms with Gasteiger partial charge in [-0.05, 0) is 6.92 Å². The first kappa shape index (κ1) is 17.8. The molecule has 17 heavy (non-hydrogen) atoms. The van der Waals surface area contributed by atoms with Crippen molar-refractivity contribution in [3.63, 3.8) is 0 Å². The molecular weight excluding hydrogens is 228 g/mol. The van der Waals surface area contributed by atoms with Gasteiger partial charge in [-0.25, -0.2) is 0 Å². The van der Waals surface area contributed by atoms with Gasteiger partial charge in [-0.3, -0.25) is 14.4 Å². The molecule has 0 aliphatic carbocycles. The van der Waals surface area contributed by atoms with E-state index in [2.05, 4.69) is 5.32 Å². The Morgan fingerprint density at radius 2 is 1.88 bits per heavy atom.